The van der Waals surface area contributed by atoms with Gasteiger partial charge in [0.1, 0.15) is 6.04 Å². The summed E-state index contributed by atoms with van der Waals surface area (Å²) in [4.78, 5) is 11.7. The quantitative estimate of drug-likeness (QED) is 0.770. The van der Waals surface area contributed by atoms with Crippen LogP contribution in [0, 0.1) is 5.92 Å². The van der Waals surface area contributed by atoms with Crippen LogP contribution in [0.2, 0.25) is 0 Å². The molecule has 0 aliphatic rings. The Kier molecular flexibility index (Phi) is 5.70. The molecule has 1 atom stereocenters. The van der Waals surface area contributed by atoms with Crippen molar-refractivity contribution >= 4 is 5.97 Å². The van der Waals surface area contributed by atoms with Crippen LogP contribution < -0.4 is 5.32 Å². The van der Waals surface area contributed by atoms with Crippen molar-refractivity contribution in [2.45, 2.75) is 26.3 Å². The molecule has 1 aromatic carbocycles. The number of nitrogens with one attached hydrogen (secondary N) is 1. The molecule has 0 aliphatic carbocycles. The minimum absolute atomic E-state index is 0.236. The lowest BCUT2D eigenvalue weighted by atomic mass is 10.1. The second kappa shape index (κ2) is 7.07. The molecule has 94 valence electrons. The molecule has 1 unspecified atom stereocenters. The van der Waals surface area contributed by atoms with E-state index in [4.69, 9.17) is 4.74 Å². The maximum atomic E-state index is 11.7. The third-order valence-electron chi connectivity index (χ3n) is 2.64. The van der Waals surface area contributed by atoms with E-state index in [9.17, 15) is 4.79 Å². The zero-order valence-electron chi connectivity index (χ0n) is 10.8. The number of hydrogen-bond acceptors (Lipinski definition) is 3. The first-order chi connectivity index (χ1) is 8.15. The van der Waals surface area contributed by atoms with Gasteiger partial charge in [0.25, 0.3) is 0 Å². The van der Waals surface area contributed by atoms with Crippen molar-refractivity contribution in [3.63, 3.8) is 0 Å². The van der Waals surface area contributed by atoms with Gasteiger partial charge in [0.2, 0.25) is 0 Å². The molecule has 3 heteroatoms. The fraction of sp³-hybridized carbons (Fsp3) is 0.500. The van der Waals surface area contributed by atoms with E-state index in [0.29, 0.717) is 5.92 Å². The first-order valence-electron chi connectivity index (χ1n) is 6.01. The average molecular weight is 235 g/mol. The van der Waals surface area contributed by atoms with Gasteiger partial charge >= 0.3 is 5.97 Å². The van der Waals surface area contributed by atoms with Gasteiger partial charge in [0, 0.05) is 0 Å². The van der Waals surface area contributed by atoms with Crippen molar-refractivity contribution in [3.05, 3.63) is 35.9 Å². The summed E-state index contributed by atoms with van der Waals surface area (Å²) >= 11 is 0. The molecule has 0 heterocycles. The molecular weight excluding hydrogens is 214 g/mol. The number of esters is 1. The summed E-state index contributed by atoms with van der Waals surface area (Å²) < 4.78 is 4.82. The second-order valence-corrected chi connectivity index (χ2v) is 4.50. The normalized spacial score (nSPS) is 12.5. The summed E-state index contributed by atoms with van der Waals surface area (Å²) in [7, 11) is 1.42. The molecule has 1 rings (SSSR count). The van der Waals surface area contributed by atoms with Crippen LogP contribution in [-0.4, -0.2) is 19.6 Å². The van der Waals surface area contributed by atoms with E-state index in [1.54, 1.807) is 0 Å². The van der Waals surface area contributed by atoms with Gasteiger partial charge in [-0.05, 0) is 24.4 Å². The molecule has 0 saturated heterocycles. The standard InChI is InChI=1S/C14H21NO2/c1-11(2)9-10-15-13(14(16)17-3)12-7-5-4-6-8-12/h4-8,11,13,15H,9-10H2,1-3H3. The first-order valence-corrected chi connectivity index (χ1v) is 6.01. The van der Waals surface area contributed by atoms with Crippen LogP contribution >= 0.6 is 0 Å². The summed E-state index contributed by atoms with van der Waals surface area (Å²) in [5.41, 5.74) is 0.947. The van der Waals surface area contributed by atoms with E-state index in [1.165, 1.54) is 7.11 Å². The van der Waals surface area contributed by atoms with Crippen LogP contribution in [-0.2, 0) is 9.53 Å². The lowest BCUT2D eigenvalue weighted by molar-refractivity contribution is -0.143. The zero-order valence-corrected chi connectivity index (χ0v) is 10.8. The van der Waals surface area contributed by atoms with Crippen molar-refractivity contribution in [1.82, 2.24) is 5.32 Å². The Morgan fingerprint density at radius 3 is 2.47 bits per heavy atom. The molecule has 0 fully saturated rings. The lowest BCUT2D eigenvalue weighted by Gasteiger charge is -2.17. The van der Waals surface area contributed by atoms with Gasteiger partial charge in [-0.3, -0.25) is 0 Å². The maximum Gasteiger partial charge on any atom is 0.327 e. The smallest absolute Gasteiger partial charge is 0.327 e. The molecular formula is C14H21NO2. The molecule has 1 aromatic rings. The van der Waals surface area contributed by atoms with E-state index < -0.39 is 0 Å². The highest BCUT2D eigenvalue weighted by molar-refractivity contribution is 5.77. The molecule has 0 amide bonds. The number of ether oxygens (including phenoxy) is 1. The van der Waals surface area contributed by atoms with Crippen LogP contribution in [0.3, 0.4) is 0 Å². The molecule has 0 spiro atoms. The van der Waals surface area contributed by atoms with Gasteiger partial charge < -0.3 is 10.1 Å². The van der Waals surface area contributed by atoms with Crippen LogP contribution in [0.15, 0.2) is 30.3 Å². The first kappa shape index (κ1) is 13.7. The summed E-state index contributed by atoms with van der Waals surface area (Å²) in [5, 5.41) is 3.24. The van der Waals surface area contributed by atoms with Crippen molar-refractivity contribution in [3.8, 4) is 0 Å². The number of hydrogen-bond donors (Lipinski definition) is 1. The zero-order chi connectivity index (χ0) is 12.7. The van der Waals surface area contributed by atoms with Gasteiger partial charge in [-0.15, -0.1) is 0 Å². The van der Waals surface area contributed by atoms with Crippen molar-refractivity contribution in [1.29, 1.82) is 0 Å². The lowest BCUT2D eigenvalue weighted by Crippen LogP contribution is -2.30. The van der Waals surface area contributed by atoms with Gasteiger partial charge in [0.15, 0.2) is 0 Å². The van der Waals surface area contributed by atoms with E-state index in [1.807, 2.05) is 30.3 Å². The Balaban J connectivity index is 2.65. The summed E-state index contributed by atoms with van der Waals surface area (Å²) in [6, 6.07) is 9.30. The van der Waals surface area contributed by atoms with Crippen LogP contribution in [0.25, 0.3) is 0 Å². The fourth-order valence-electron chi connectivity index (χ4n) is 1.62. The highest BCUT2D eigenvalue weighted by Gasteiger charge is 2.20. The minimum Gasteiger partial charge on any atom is -0.468 e. The van der Waals surface area contributed by atoms with E-state index >= 15 is 0 Å². The predicted octanol–water partition coefficient (Wildman–Crippen LogP) is 2.54. The second-order valence-electron chi connectivity index (χ2n) is 4.50. The number of methoxy groups -OCH3 is 1. The summed E-state index contributed by atoms with van der Waals surface area (Å²) in [6.45, 7) is 5.14. The number of rotatable bonds is 6. The van der Waals surface area contributed by atoms with E-state index in [-0.39, 0.29) is 12.0 Å². The highest BCUT2D eigenvalue weighted by Crippen LogP contribution is 2.14. The molecule has 0 bridgehead atoms. The van der Waals surface area contributed by atoms with Gasteiger partial charge in [-0.2, -0.15) is 0 Å². The SMILES string of the molecule is COC(=O)C(NCCC(C)C)c1ccccc1. The Morgan fingerprint density at radius 2 is 1.94 bits per heavy atom. The maximum absolute atomic E-state index is 11.7. The Hall–Kier alpha value is -1.35. The molecule has 0 saturated carbocycles. The van der Waals surface area contributed by atoms with E-state index in [0.717, 1.165) is 18.5 Å². The Labute approximate surface area is 103 Å². The highest BCUT2D eigenvalue weighted by atomic mass is 16.5. The van der Waals surface area contributed by atoms with Crippen molar-refractivity contribution < 1.29 is 9.53 Å². The third-order valence-corrected chi connectivity index (χ3v) is 2.64. The number of benzene rings is 1. The number of carbonyl (C=O) groups excluding carboxylic acids is 1. The number of carbonyl (C=O) groups is 1. The topological polar surface area (TPSA) is 38.3 Å². The monoisotopic (exact) mass is 235 g/mol. The molecule has 0 radical (unpaired) electrons. The summed E-state index contributed by atoms with van der Waals surface area (Å²) in [5.74, 6) is 0.386. The van der Waals surface area contributed by atoms with Crippen molar-refractivity contribution in [2.24, 2.45) is 5.92 Å². The van der Waals surface area contributed by atoms with Crippen LogP contribution in [0.4, 0.5) is 0 Å². The third kappa shape index (κ3) is 4.57. The summed E-state index contributed by atoms with van der Waals surface area (Å²) in [6.07, 6.45) is 1.04. The van der Waals surface area contributed by atoms with Gasteiger partial charge in [-0.25, -0.2) is 4.79 Å². The predicted molar refractivity (Wildman–Crippen MR) is 68.7 cm³/mol. The van der Waals surface area contributed by atoms with Gasteiger partial charge in [-0.1, -0.05) is 44.2 Å². The molecule has 0 aromatic heterocycles. The molecule has 1 N–H and O–H groups in total. The molecule has 3 nitrogen and oxygen atoms in total. The van der Waals surface area contributed by atoms with Gasteiger partial charge in [0.05, 0.1) is 7.11 Å². The average Bonchev–Trinajstić information content (AvgIpc) is 2.34. The Morgan fingerprint density at radius 1 is 1.29 bits per heavy atom. The van der Waals surface area contributed by atoms with Crippen LogP contribution in [0.1, 0.15) is 31.9 Å². The van der Waals surface area contributed by atoms with Crippen LogP contribution in [0.5, 0.6) is 0 Å². The van der Waals surface area contributed by atoms with Crippen molar-refractivity contribution in [2.75, 3.05) is 13.7 Å². The molecule has 0 aliphatic heterocycles. The largest absolute Gasteiger partial charge is 0.468 e. The fourth-order valence-corrected chi connectivity index (χ4v) is 1.62. The minimum atomic E-state index is -0.361. The van der Waals surface area contributed by atoms with E-state index in [2.05, 4.69) is 19.2 Å². The molecule has 17 heavy (non-hydrogen) atoms. The Bertz CT molecular complexity index is 335.